The maximum atomic E-state index is 10.4. The summed E-state index contributed by atoms with van der Waals surface area (Å²) in [5, 5.41) is 8.40. The lowest BCUT2D eigenvalue weighted by Gasteiger charge is -1.99. The Morgan fingerprint density at radius 2 is 1.18 bits per heavy atom. The van der Waals surface area contributed by atoms with Gasteiger partial charge >= 0.3 is 11.9 Å². The molecule has 0 aliphatic heterocycles. The van der Waals surface area contributed by atoms with Crippen LogP contribution in [0, 0.1) is 0 Å². The van der Waals surface area contributed by atoms with Crippen LogP contribution in [0.3, 0.4) is 0 Å². The number of unbranched alkanes of at least 4 members (excludes halogenated alkanes) is 9. The molecule has 0 aliphatic rings. The van der Waals surface area contributed by atoms with Gasteiger partial charge in [0.25, 0.3) is 0 Å². The summed E-state index contributed by atoms with van der Waals surface area (Å²) in [4.78, 5) is 20.6. The van der Waals surface area contributed by atoms with Gasteiger partial charge in [-0.15, -0.1) is 0 Å². The van der Waals surface area contributed by atoms with Gasteiger partial charge in [-0.25, -0.2) is 0 Å². The SMILES string of the molecule is CCCC/C=C\CCCCCC(=O)O.CCCC/C=C\CCCCOC(C)=O. The number of ether oxygens (including phenoxy) is 1. The molecule has 164 valence electrons. The van der Waals surface area contributed by atoms with Crippen LogP contribution < -0.4 is 0 Å². The molecule has 0 aromatic rings. The third-order valence-corrected chi connectivity index (χ3v) is 4.11. The van der Waals surface area contributed by atoms with Gasteiger partial charge in [-0.2, -0.15) is 0 Å². The number of carboxylic acid groups (broad SMARTS) is 1. The van der Waals surface area contributed by atoms with E-state index in [0.29, 0.717) is 13.0 Å². The van der Waals surface area contributed by atoms with Gasteiger partial charge in [0.2, 0.25) is 0 Å². The Labute approximate surface area is 173 Å². The highest BCUT2D eigenvalue weighted by Gasteiger charge is 1.94. The van der Waals surface area contributed by atoms with Gasteiger partial charge in [0.05, 0.1) is 6.61 Å². The molecule has 0 radical (unpaired) electrons. The fourth-order valence-corrected chi connectivity index (χ4v) is 2.41. The molecule has 0 saturated heterocycles. The third kappa shape index (κ3) is 32.1. The zero-order chi connectivity index (χ0) is 21.3. The highest BCUT2D eigenvalue weighted by Crippen LogP contribution is 2.05. The molecule has 0 bridgehead atoms. The monoisotopic (exact) mass is 396 g/mol. The van der Waals surface area contributed by atoms with Gasteiger partial charge in [0.15, 0.2) is 0 Å². The lowest BCUT2D eigenvalue weighted by Crippen LogP contribution is -1.99. The normalized spacial score (nSPS) is 10.8. The van der Waals surface area contributed by atoms with Crippen LogP contribution in [0.15, 0.2) is 24.3 Å². The summed E-state index contributed by atoms with van der Waals surface area (Å²) in [7, 11) is 0. The molecule has 0 aliphatic carbocycles. The molecule has 0 spiro atoms. The summed E-state index contributed by atoms with van der Waals surface area (Å²) >= 11 is 0. The number of aliphatic carboxylic acids is 1. The first-order valence-electron chi connectivity index (χ1n) is 11.2. The van der Waals surface area contributed by atoms with Gasteiger partial charge in [-0.05, 0) is 51.4 Å². The number of carbonyl (C=O) groups is 2. The quantitative estimate of drug-likeness (QED) is 0.160. The third-order valence-electron chi connectivity index (χ3n) is 4.11. The van der Waals surface area contributed by atoms with Crippen molar-refractivity contribution in [1.82, 2.24) is 0 Å². The Morgan fingerprint density at radius 3 is 1.61 bits per heavy atom. The minimum atomic E-state index is -0.677. The summed E-state index contributed by atoms with van der Waals surface area (Å²) in [6.07, 6.45) is 23.9. The molecule has 1 N–H and O–H groups in total. The first kappa shape index (κ1) is 28.6. The molecule has 0 fully saturated rings. The Balaban J connectivity index is 0. The van der Waals surface area contributed by atoms with E-state index in [2.05, 4.69) is 38.2 Å². The first-order chi connectivity index (χ1) is 13.5. The van der Waals surface area contributed by atoms with Crippen molar-refractivity contribution in [2.45, 2.75) is 111 Å². The van der Waals surface area contributed by atoms with Crippen molar-refractivity contribution in [3.63, 3.8) is 0 Å². The second-order valence-corrected chi connectivity index (χ2v) is 7.06. The van der Waals surface area contributed by atoms with Crippen LogP contribution in [-0.4, -0.2) is 23.7 Å². The van der Waals surface area contributed by atoms with Crippen LogP contribution in [0.4, 0.5) is 0 Å². The maximum absolute atomic E-state index is 10.4. The van der Waals surface area contributed by atoms with Crippen LogP contribution in [0.1, 0.15) is 111 Å². The fraction of sp³-hybridized carbons (Fsp3) is 0.750. The minimum absolute atomic E-state index is 0.177. The number of esters is 1. The average Bonchev–Trinajstić information content (AvgIpc) is 2.65. The predicted octanol–water partition coefficient (Wildman–Crippen LogP) is 7.23. The summed E-state index contributed by atoms with van der Waals surface area (Å²) in [5.41, 5.74) is 0. The molecule has 4 heteroatoms. The number of hydrogen-bond acceptors (Lipinski definition) is 3. The van der Waals surface area contributed by atoms with E-state index in [4.69, 9.17) is 9.84 Å². The standard InChI is InChI=1S/2C12H22O2/c1-3-4-5-6-7-8-9-10-11-14-12(2)13;1-2-3-4-5-6-7-8-9-10-11-12(13)14/h6-7H,3-5,8-11H2,1-2H3;5-6H,2-4,7-11H2,1H3,(H,13,14)/b7-6-;6-5-. The molecule has 28 heavy (non-hydrogen) atoms. The molecular formula is C24H44O4. The molecule has 0 aromatic carbocycles. The zero-order valence-corrected chi connectivity index (χ0v) is 18.6. The second-order valence-electron chi connectivity index (χ2n) is 7.06. The van der Waals surface area contributed by atoms with Crippen molar-refractivity contribution in [3.8, 4) is 0 Å². The van der Waals surface area contributed by atoms with E-state index in [9.17, 15) is 9.59 Å². The molecule has 4 nitrogen and oxygen atoms in total. The van der Waals surface area contributed by atoms with Crippen LogP contribution in [0.2, 0.25) is 0 Å². The van der Waals surface area contributed by atoms with Gasteiger partial charge in [-0.1, -0.05) is 70.3 Å². The number of allylic oxidation sites excluding steroid dienone is 4. The maximum Gasteiger partial charge on any atom is 0.303 e. The van der Waals surface area contributed by atoms with Gasteiger partial charge in [0.1, 0.15) is 0 Å². The first-order valence-corrected chi connectivity index (χ1v) is 11.2. The predicted molar refractivity (Wildman–Crippen MR) is 119 cm³/mol. The lowest BCUT2D eigenvalue weighted by atomic mass is 10.1. The van der Waals surface area contributed by atoms with E-state index >= 15 is 0 Å². The van der Waals surface area contributed by atoms with Crippen molar-refractivity contribution in [3.05, 3.63) is 24.3 Å². The summed E-state index contributed by atoms with van der Waals surface area (Å²) in [6.45, 7) is 6.41. The zero-order valence-electron chi connectivity index (χ0n) is 18.6. The van der Waals surface area contributed by atoms with Crippen LogP contribution in [0.25, 0.3) is 0 Å². The van der Waals surface area contributed by atoms with E-state index in [1.165, 1.54) is 45.4 Å². The summed E-state index contributed by atoms with van der Waals surface area (Å²) < 4.78 is 4.82. The Morgan fingerprint density at radius 1 is 0.714 bits per heavy atom. The van der Waals surface area contributed by atoms with E-state index in [-0.39, 0.29) is 5.97 Å². The summed E-state index contributed by atoms with van der Waals surface area (Å²) in [5.74, 6) is -0.855. The number of carbonyl (C=O) groups excluding carboxylic acids is 1. The van der Waals surface area contributed by atoms with E-state index < -0.39 is 5.97 Å². The van der Waals surface area contributed by atoms with Crippen LogP contribution in [-0.2, 0) is 14.3 Å². The number of carboxylic acids is 1. The van der Waals surface area contributed by atoms with Gasteiger partial charge < -0.3 is 9.84 Å². The summed E-state index contributed by atoms with van der Waals surface area (Å²) in [6, 6.07) is 0. The van der Waals surface area contributed by atoms with Gasteiger partial charge in [-0.3, -0.25) is 9.59 Å². The number of rotatable bonds is 17. The average molecular weight is 397 g/mol. The molecule has 0 rings (SSSR count). The van der Waals surface area contributed by atoms with E-state index in [1.54, 1.807) is 0 Å². The molecule has 0 unspecified atom stereocenters. The molecule has 0 aromatic heterocycles. The Bertz CT molecular complexity index is 361. The second kappa shape index (κ2) is 25.4. The highest BCUT2D eigenvalue weighted by molar-refractivity contribution is 5.66. The molecule has 0 atom stereocenters. The Hall–Kier alpha value is -1.58. The molecular weight excluding hydrogens is 352 g/mol. The molecule has 0 saturated carbocycles. The van der Waals surface area contributed by atoms with Gasteiger partial charge in [0, 0.05) is 13.3 Å². The van der Waals surface area contributed by atoms with Crippen LogP contribution in [0.5, 0.6) is 0 Å². The fourth-order valence-electron chi connectivity index (χ4n) is 2.41. The topological polar surface area (TPSA) is 63.6 Å². The van der Waals surface area contributed by atoms with Crippen molar-refractivity contribution in [2.24, 2.45) is 0 Å². The Kier molecular flexibility index (Phi) is 26.0. The highest BCUT2D eigenvalue weighted by atomic mass is 16.5. The minimum Gasteiger partial charge on any atom is -0.481 e. The smallest absolute Gasteiger partial charge is 0.303 e. The van der Waals surface area contributed by atoms with E-state index in [1.807, 2.05) is 0 Å². The van der Waals surface area contributed by atoms with Crippen molar-refractivity contribution < 1.29 is 19.4 Å². The number of hydrogen-bond donors (Lipinski definition) is 1. The lowest BCUT2D eigenvalue weighted by molar-refractivity contribution is -0.141. The van der Waals surface area contributed by atoms with Crippen molar-refractivity contribution in [2.75, 3.05) is 6.61 Å². The van der Waals surface area contributed by atoms with Crippen LogP contribution >= 0.6 is 0 Å². The van der Waals surface area contributed by atoms with Crippen molar-refractivity contribution in [1.29, 1.82) is 0 Å². The van der Waals surface area contributed by atoms with E-state index in [0.717, 1.165) is 44.9 Å². The van der Waals surface area contributed by atoms with Crippen molar-refractivity contribution >= 4 is 11.9 Å². The molecule has 0 heterocycles. The molecule has 0 amide bonds. The largest absolute Gasteiger partial charge is 0.481 e.